The van der Waals surface area contributed by atoms with Crippen molar-refractivity contribution in [1.29, 1.82) is 0 Å². The maximum absolute atomic E-state index is 12.3. The van der Waals surface area contributed by atoms with Gasteiger partial charge in [-0.2, -0.15) is 0 Å². The summed E-state index contributed by atoms with van der Waals surface area (Å²) in [4.78, 5) is 23.3. The van der Waals surface area contributed by atoms with E-state index in [4.69, 9.17) is 17.0 Å². The predicted octanol–water partition coefficient (Wildman–Crippen LogP) is 3.81. The first-order valence-corrected chi connectivity index (χ1v) is 8.97. The Kier molecular flexibility index (Phi) is 7.31. The van der Waals surface area contributed by atoms with Crippen molar-refractivity contribution >= 4 is 40.5 Å². The van der Waals surface area contributed by atoms with Gasteiger partial charge < -0.3 is 15.4 Å². The van der Waals surface area contributed by atoms with Crippen LogP contribution in [0.2, 0.25) is 0 Å². The second kappa shape index (κ2) is 9.68. The molecular formula is C20H23N3O3S. The van der Waals surface area contributed by atoms with E-state index in [0.29, 0.717) is 29.5 Å². The molecule has 0 radical (unpaired) electrons. The first-order chi connectivity index (χ1) is 12.8. The quantitative estimate of drug-likeness (QED) is 0.659. The maximum Gasteiger partial charge on any atom is 0.257 e. The van der Waals surface area contributed by atoms with Gasteiger partial charge >= 0.3 is 0 Å². The zero-order valence-corrected chi connectivity index (χ0v) is 16.4. The summed E-state index contributed by atoms with van der Waals surface area (Å²) in [6.45, 7) is 6.21. The zero-order valence-electron chi connectivity index (χ0n) is 15.5. The first-order valence-electron chi connectivity index (χ1n) is 8.56. The molecule has 142 valence electrons. The highest BCUT2D eigenvalue weighted by molar-refractivity contribution is 7.80. The van der Waals surface area contributed by atoms with Gasteiger partial charge in [-0.05, 0) is 66.7 Å². The van der Waals surface area contributed by atoms with E-state index in [1.165, 1.54) is 6.92 Å². The average molecular weight is 385 g/mol. The van der Waals surface area contributed by atoms with Gasteiger partial charge in [-0.3, -0.25) is 14.9 Å². The van der Waals surface area contributed by atoms with Gasteiger partial charge in [0, 0.05) is 23.9 Å². The van der Waals surface area contributed by atoms with Crippen LogP contribution in [0.25, 0.3) is 0 Å². The van der Waals surface area contributed by atoms with Gasteiger partial charge in [0.1, 0.15) is 5.75 Å². The number of hydrogen-bond acceptors (Lipinski definition) is 4. The molecule has 2 amide bonds. The largest absolute Gasteiger partial charge is 0.493 e. The van der Waals surface area contributed by atoms with Crippen LogP contribution >= 0.6 is 12.2 Å². The molecule has 0 atom stereocenters. The number of carbonyl (C=O) groups excluding carboxylic acids is 2. The number of rotatable bonds is 6. The van der Waals surface area contributed by atoms with E-state index in [0.717, 1.165) is 5.75 Å². The summed E-state index contributed by atoms with van der Waals surface area (Å²) < 4.78 is 5.60. The highest BCUT2D eigenvalue weighted by Crippen LogP contribution is 2.15. The number of hydrogen-bond donors (Lipinski definition) is 3. The van der Waals surface area contributed by atoms with Crippen LogP contribution in [0.1, 0.15) is 31.1 Å². The van der Waals surface area contributed by atoms with Crippen LogP contribution in [0.3, 0.4) is 0 Å². The van der Waals surface area contributed by atoms with Gasteiger partial charge in [-0.25, -0.2) is 0 Å². The van der Waals surface area contributed by atoms with Gasteiger partial charge in [-0.15, -0.1) is 0 Å². The molecule has 2 aromatic rings. The van der Waals surface area contributed by atoms with Gasteiger partial charge in [0.05, 0.1) is 6.61 Å². The van der Waals surface area contributed by atoms with Crippen molar-refractivity contribution in [1.82, 2.24) is 5.32 Å². The Labute approximate surface area is 164 Å². The number of ether oxygens (including phenoxy) is 1. The van der Waals surface area contributed by atoms with Gasteiger partial charge in [-0.1, -0.05) is 13.8 Å². The topological polar surface area (TPSA) is 79.5 Å². The third kappa shape index (κ3) is 7.07. The van der Waals surface area contributed by atoms with E-state index >= 15 is 0 Å². The number of thiocarbonyl (C=S) groups is 1. The monoisotopic (exact) mass is 385 g/mol. The van der Waals surface area contributed by atoms with Crippen LogP contribution < -0.4 is 20.7 Å². The molecule has 0 saturated heterocycles. The third-order valence-corrected chi connectivity index (χ3v) is 3.59. The molecule has 0 aliphatic rings. The van der Waals surface area contributed by atoms with Crippen molar-refractivity contribution in [2.45, 2.75) is 20.8 Å². The summed E-state index contributed by atoms with van der Waals surface area (Å²) >= 11 is 5.17. The SMILES string of the molecule is CC(=O)Nc1ccc(NC(=S)NC(=O)c2ccc(OCC(C)C)cc2)cc1. The van der Waals surface area contributed by atoms with Crippen molar-refractivity contribution in [3.63, 3.8) is 0 Å². The number of anilines is 2. The van der Waals surface area contributed by atoms with Crippen LogP contribution in [0.4, 0.5) is 11.4 Å². The summed E-state index contributed by atoms with van der Waals surface area (Å²) in [6, 6.07) is 13.9. The molecule has 0 fully saturated rings. The Hall–Kier alpha value is -2.93. The smallest absolute Gasteiger partial charge is 0.257 e. The predicted molar refractivity (Wildman–Crippen MR) is 111 cm³/mol. The lowest BCUT2D eigenvalue weighted by atomic mass is 10.2. The maximum atomic E-state index is 12.3. The van der Waals surface area contributed by atoms with Crippen molar-refractivity contribution < 1.29 is 14.3 Å². The summed E-state index contributed by atoms with van der Waals surface area (Å²) in [6.07, 6.45) is 0. The van der Waals surface area contributed by atoms with Gasteiger partial charge in [0.25, 0.3) is 5.91 Å². The average Bonchev–Trinajstić information content (AvgIpc) is 2.61. The Bertz CT molecular complexity index is 802. The summed E-state index contributed by atoms with van der Waals surface area (Å²) in [7, 11) is 0. The lowest BCUT2D eigenvalue weighted by Gasteiger charge is -2.11. The molecule has 0 aliphatic carbocycles. The number of amides is 2. The van der Waals surface area contributed by atoms with Crippen molar-refractivity contribution in [3.8, 4) is 5.75 Å². The third-order valence-electron chi connectivity index (χ3n) is 3.39. The molecule has 3 N–H and O–H groups in total. The number of nitrogens with one attached hydrogen (secondary N) is 3. The van der Waals surface area contributed by atoms with E-state index in [2.05, 4.69) is 29.8 Å². The number of benzene rings is 2. The Morgan fingerprint density at radius 2 is 1.52 bits per heavy atom. The number of carbonyl (C=O) groups is 2. The fourth-order valence-electron chi connectivity index (χ4n) is 2.14. The second-order valence-electron chi connectivity index (χ2n) is 6.40. The van der Waals surface area contributed by atoms with Crippen LogP contribution in [0.15, 0.2) is 48.5 Å². The molecule has 2 rings (SSSR count). The summed E-state index contributed by atoms with van der Waals surface area (Å²) in [5, 5.41) is 8.43. The molecule has 0 bridgehead atoms. The zero-order chi connectivity index (χ0) is 19.8. The Morgan fingerprint density at radius 3 is 2.04 bits per heavy atom. The lowest BCUT2D eigenvalue weighted by Crippen LogP contribution is -2.34. The molecule has 0 unspecified atom stereocenters. The molecule has 0 spiro atoms. The Balaban J connectivity index is 1.87. The van der Waals surface area contributed by atoms with Crippen molar-refractivity contribution in [2.24, 2.45) is 5.92 Å². The second-order valence-corrected chi connectivity index (χ2v) is 6.80. The molecule has 0 aromatic heterocycles. The van der Waals surface area contributed by atoms with Crippen molar-refractivity contribution in [3.05, 3.63) is 54.1 Å². The Morgan fingerprint density at radius 1 is 0.963 bits per heavy atom. The molecule has 7 heteroatoms. The van der Waals surface area contributed by atoms with Crippen LogP contribution in [-0.4, -0.2) is 23.5 Å². The van der Waals surface area contributed by atoms with Crippen LogP contribution in [0, 0.1) is 5.92 Å². The highest BCUT2D eigenvalue weighted by atomic mass is 32.1. The summed E-state index contributed by atoms with van der Waals surface area (Å²) in [5.41, 5.74) is 1.87. The minimum absolute atomic E-state index is 0.140. The van der Waals surface area contributed by atoms with Gasteiger partial charge in [0.15, 0.2) is 5.11 Å². The molecule has 0 saturated carbocycles. The first kappa shape index (κ1) is 20.4. The summed E-state index contributed by atoms with van der Waals surface area (Å²) in [5.74, 6) is 0.709. The highest BCUT2D eigenvalue weighted by Gasteiger charge is 2.09. The standard InChI is InChI=1S/C20H23N3O3S/c1-13(2)12-26-18-10-4-15(5-11-18)19(25)23-20(27)22-17-8-6-16(7-9-17)21-14(3)24/h4-11,13H,12H2,1-3H3,(H,21,24)(H2,22,23,25,27). The molecule has 6 nitrogen and oxygen atoms in total. The fourth-order valence-corrected chi connectivity index (χ4v) is 2.35. The van der Waals surface area contributed by atoms with E-state index in [1.807, 2.05) is 0 Å². The van der Waals surface area contributed by atoms with E-state index < -0.39 is 0 Å². The molecule has 0 aliphatic heterocycles. The molecular weight excluding hydrogens is 362 g/mol. The van der Waals surface area contributed by atoms with Crippen LogP contribution in [-0.2, 0) is 4.79 Å². The lowest BCUT2D eigenvalue weighted by molar-refractivity contribution is -0.114. The van der Waals surface area contributed by atoms with Crippen LogP contribution in [0.5, 0.6) is 5.75 Å². The minimum Gasteiger partial charge on any atom is -0.493 e. The fraction of sp³-hybridized carbons (Fsp3) is 0.250. The van der Waals surface area contributed by atoms with Gasteiger partial charge in [0.2, 0.25) is 5.91 Å². The van der Waals surface area contributed by atoms with E-state index in [9.17, 15) is 9.59 Å². The molecule has 0 heterocycles. The van der Waals surface area contributed by atoms with E-state index in [1.54, 1.807) is 48.5 Å². The van der Waals surface area contributed by atoms with E-state index in [-0.39, 0.29) is 16.9 Å². The van der Waals surface area contributed by atoms with Crippen molar-refractivity contribution in [2.75, 3.05) is 17.2 Å². The molecule has 2 aromatic carbocycles. The molecule has 27 heavy (non-hydrogen) atoms. The minimum atomic E-state index is -0.308. The normalized spacial score (nSPS) is 10.2.